The van der Waals surface area contributed by atoms with Gasteiger partial charge in [0.05, 0.1) is 12.4 Å². The molecule has 19 heavy (non-hydrogen) atoms. The van der Waals surface area contributed by atoms with E-state index in [9.17, 15) is 13.2 Å². The molecule has 1 aliphatic heterocycles. The number of rotatable bonds is 9. The third kappa shape index (κ3) is 8.14. The van der Waals surface area contributed by atoms with E-state index in [1.54, 1.807) is 0 Å². The molecule has 4 N–H and O–H groups in total. The van der Waals surface area contributed by atoms with E-state index in [1.165, 1.54) is 0 Å². The first-order valence-corrected chi connectivity index (χ1v) is 8.19. The van der Waals surface area contributed by atoms with Gasteiger partial charge < -0.3 is 15.8 Å². The van der Waals surface area contributed by atoms with Gasteiger partial charge >= 0.3 is 0 Å². The summed E-state index contributed by atoms with van der Waals surface area (Å²) < 4.78 is 30.7. The molecule has 1 rings (SSSR count). The number of piperidine rings is 1. The minimum atomic E-state index is -3.25. The van der Waals surface area contributed by atoms with Crippen molar-refractivity contribution in [3.63, 3.8) is 0 Å². The van der Waals surface area contributed by atoms with Crippen LogP contribution < -0.4 is 15.8 Å². The molecular weight excluding hydrogens is 270 g/mol. The maximum atomic E-state index is 11.7. The molecule has 1 heterocycles. The Labute approximate surface area is 114 Å². The van der Waals surface area contributed by atoms with Crippen molar-refractivity contribution in [3.8, 4) is 0 Å². The molecule has 0 aromatic heterocycles. The predicted molar refractivity (Wildman–Crippen MR) is 72.0 cm³/mol. The van der Waals surface area contributed by atoms with E-state index in [0.29, 0.717) is 12.3 Å². The fraction of sp³-hybridized carbons (Fsp3) is 0.909. The molecule has 1 fully saturated rings. The van der Waals surface area contributed by atoms with Crippen molar-refractivity contribution >= 4 is 15.9 Å². The van der Waals surface area contributed by atoms with Gasteiger partial charge in [0.2, 0.25) is 15.9 Å². The van der Waals surface area contributed by atoms with Gasteiger partial charge in [0, 0.05) is 6.54 Å². The van der Waals surface area contributed by atoms with E-state index >= 15 is 0 Å². The second-order valence-electron chi connectivity index (χ2n) is 4.71. The molecule has 0 bridgehead atoms. The van der Waals surface area contributed by atoms with Gasteiger partial charge in [-0.2, -0.15) is 0 Å². The number of hydrogen-bond acceptors (Lipinski definition) is 5. The lowest BCUT2D eigenvalue weighted by Gasteiger charge is -2.22. The molecule has 0 radical (unpaired) electrons. The zero-order chi connectivity index (χ0) is 14.1. The number of primary amides is 1. The van der Waals surface area contributed by atoms with E-state index < -0.39 is 15.9 Å². The maximum absolute atomic E-state index is 11.7. The molecule has 0 atom stereocenters. The standard InChI is InChI=1S/C11H23N3O4S/c12-11(15)9-18-7-6-14-19(16,17)8-3-10-1-4-13-5-2-10/h10,13-14H,1-9H2,(H2,12,15). The predicted octanol–water partition coefficient (Wildman–Crippen LogP) is -1.20. The monoisotopic (exact) mass is 293 g/mol. The third-order valence-corrected chi connectivity index (χ3v) is 4.48. The van der Waals surface area contributed by atoms with E-state index in [2.05, 4.69) is 10.0 Å². The summed E-state index contributed by atoms with van der Waals surface area (Å²) in [6, 6.07) is 0. The summed E-state index contributed by atoms with van der Waals surface area (Å²) in [5, 5.41) is 3.25. The number of nitrogens with one attached hydrogen (secondary N) is 2. The number of ether oxygens (including phenoxy) is 1. The smallest absolute Gasteiger partial charge is 0.243 e. The zero-order valence-electron chi connectivity index (χ0n) is 11.1. The molecule has 0 saturated carbocycles. The molecule has 8 heteroatoms. The van der Waals surface area contributed by atoms with Crippen LogP contribution in [0.5, 0.6) is 0 Å². The van der Waals surface area contributed by atoms with E-state index in [4.69, 9.17) is 10.5 Å². The molecule has 0 aromatic carbocycles. The molecule has 0 unspecified atom stereocenters. The van der Waals surface area contributed by atoms with Gasteiger partial charge in [-0.15, -0.1) is 0 Å². The fourth-order valence-corrected chi connectivity index (χ4v) is 3.19. The Hall–Kier alpha value is -0.700. The van der Waals surface area contributed by atoms with E-state index in [1.807, 2.05) is 0 Å². The van der Waals surface area contributed by atoms with Gasteiger partial charge in [-0.1, -0.05) is 0 Å². The highest BCUT2D eigenvalue weighted by Crippen LogP contribution is 2.16. The van der Waals surface area contributed by atoms with Crippen LogP contribution in [0.4, 0.5) is 0 Å². The Balaban J connectivity index is 2.11. The maximum Gasteiger partial charge on any atom is 0.243 e. The highest BCUT2D eigenvalue weighted by Gasteiger charge is 2.17. The number of sulfonamides is 1. The Morgan fingerprint density at radius 2 is 2.05 bits per heavy atom. The number of carbonyl (C=O) groups excluding carboxylic acids is 1. The summed E-state index contributed by atoms with van der Waals surface area (Å²) in [4.78, 5) is 10.4. The molecule has 112 valence electrons. The summed E-state index contributed by atoms with van der Waals surface area (Å²) in [6.07, 6.45) is 2.77. The van der Waals surface area contributed by atoms with Gasteiger partial charge in [0.15, 0.2) is 0 Å². The minimum absolute atomic E-state index is 0.146. The van der Waals surface area contributed by atoms with Crippen LogP contribution >= 0.6 is 0 Å². The van der Waals surface area contributed by atoms with Crippen LogP contribution in [0.3, 0.4) is 0 Å². The largest absolute Gasteiger partial charge is 0.370 e. The van der Waals surface area contributed by atoms with Crippen molar-refractivity contribution in [2.75, 3.05) is 38.6 Å². The Morgan fingerprint density at radius 1 is 1.37 bits per heavy atom. The van der Waals surface area contributed by atoms with Crippen molar-refractivity contribution in [3.05, 3.63) is 0 Å². The van der Waals surface area contributed by atoms with Crippen molar-refractivity contribution in [2.45, 2.75) is 19.3 Å². The number of nitrogens with two attached hydrogens (primary N) is 1. The first kappa shape index (κ1) is 16.4. The van der Waals surface area contributed by atoms with Gasteiger partial charge in [-0.05, 0) is 38.3 Å². The quantitative estimate of drug-likeness (QED) is 0.462. The normalized spacial score (nSPS) is 17.5. The highest BCUT2D eigenvalue weighted by atomic mass is 32.2. The van der Waals surface area contributed by atoms with Gasteiger partial charge in [-0.25, -0.2) is 13.1 Å². The topological polar surface area (TPSA) is 111 Å². The lowest BCUT2D eigenvalue weighted by molar-refractivity contribution is -0.122. The molecule has 7 nitrogen and oxygen atoms in total. The molecule has 1 saturated heterocycles. The molecule has 0 spiro atoms. The average Bonchev–Trinajstić information content (AvgIpc) is 2.37. The van der Waals surface area contributed by atoms with Crippen LogP contribution in [-0.2, 0) is 19.6 Å². The van der Waals surface area contributed by atoms with Gasteiger partial charge in [0.1, 0.15) is 6.61 Å². The number of hydrogen-bond donors (Lipinski definition) is 3. The average molecular weight is 293 g/mol. The van der Waals surface area contributed by atoms with Crippen molar-refractivity contribution in [1.82, 2.24) is 10.0 Å². The van der Waals surface area contributed by atoms with Crippen LogP contribution in [0, 0.1) is 5.92 Å². The second kappa shape index (κ2) is 8.47. The second-order valence-corrected chi connectivity index (χ2v) is 6.64. The van der Waals surface area contributed by atoms with Crippen LogP contribution in [0.1, 0.15) is 19.3 Å². The van der Waals surface area contributed by atoms with E-state index in [0.717, 1.165) is 25.9 Å². The third-order valence-electron chi connectivity index (χ3n) is 3.07. The highest BCUT2D eigenvalue weighted by molar-refractivity contribution is 7.89. The first-order chi connectivity index (χ1) is 8.99. The summed E-state index contributed by atoms with van der Waals surface area (Å²) >= 11 is 0. The number of amides is 1. The van der Waals surface area contributed by atoms with Crippen LogP contribution in [0.2, 0.25) is 0 Å². The van der Waals surface area contributed by atoms with Gasteiger partial charge in [0.25, 0.3) is 0 Å². The van der Waals surface area contributed by atoms with Crippen LogP contribution in [0.15, 0.2) is 0 Å². The molecular formula is C11H23N3O4S. The zero-order valence-corrected chi connectivity index (χ0v) is 11.9. The summed E-state index contributed by atoms with van der Waals surface area (Å²) in [5.74, 6) is 0.0747. The van der Waals surface area contributed by atoms with Gasteiger partial charge in [-0.3, -0.25) is 4.79 Å². The lowest BCUT2D eigenvalue weighted by atomic mass is 9.96. The Morgan fingerprint density at radius 3 is 2.68 bits per heavy atom. The minimum Gasteiger partial charge on any atom is -0.370 e. The molecule has 0 aliphatic carbocycles. The van der Waals surface area contributed by atoms with Crippen molar-refractivity contribution in [2.24, 2.45) is 11.7 Å². The first-order valence-electron chi connectivity index (χ1n) is 6.54. The fourth-order valence-electron chi connectivity index (χ4n) is 2.01. The summed E-state index contributed by atoms with van der Waals surface area (Å²) in [7, 11) is -3.25. The summed E-state index contributed by atoms with van der Waals surface area (Å²) in [5.41, 5.74) is 4.88. The van der Waals surface area contributed by atoms with E-state index in [-0.39, 0.29) is 25.5 Å². The SMILES string of the molecule is NC(=O)COCCNS(=O)(=O)CCC1CCNCC1. The van der Waals surface area contributed by atoms with Crippen LogP contribution in [0.25, 0.3) is 0 Å². The molecule has 1 aliphatic rings. The Kier molecular flexibility index (Phi) is 7.29. The molecule has 0 aromatic rings. The van der Waals surface area contributed by atoms with Crippen LogP contribution in [-0.4, -0.2) is 52.9 Å². The van der Waals surface area contributed by atoms with Crippen molar-refractivity contribution in [1.29, 1.82) is 0 Å². The van der Waals surface area contributed by atoms with Crippen molar-refractivity contribution < 1.29 is 17.9 Å². The Bertz CT molecular complexity index is 366. The lowest BCUT2D eigenvalue weighted by Crippen LogP contribution is -2.33. The number of carbonyl (C=O) groups is 1. The molecule has 1 amide bonds. The summed E-state index contributed by atoms with van der Waals surface area (Å²) in [6.45, 7) is 2.08.